The van der Waals surface area contributed by atoms with Crippen LogP contribution >= 0.6 is 0 Å². The summed E-state index contributed by atoms with van der Waals surface area (Å²) in [5.41, 5.74) is 5.40. The van der Waals surface area contributed by atoms with E-state index in [1.165, 1.54) is 35.0 Å². The Hall–Kier alpha value is -1.96. The summed E-state index contributed by atoms with van der Waals surface area (Å²) in [5.74, 6) is 0. The van der Waals surface area contributed by atoms with E-state index in [0.29, 0.717) is 6.85 Å². The number of anilines is 1. The van der Waals surface area contributed by atoms with Gasteiger partial charge < -0.3 is 5.23 Å². The first kappa shape index (κ1) is 13.0. The number of nitrogens with one attached hydrogen (secondary N) is 1. The molecule has 1 aliphatic rings. The van der Waals surface area contributed by atoms with E-state index in [9.17, 15) is 0 Å². The maximum atomic E-state index is 3.70. The molecule has 0 fully saturated rings. The molecule has 3 rings (SSSR count). The molecule has 100 valence electrons. The van der Waals surface area contributed by atoms with Crippen molar-refractivity contribution in [3.63, 3.8) is 0 Å². The SMILES string of the molecule is CCCCC1=Cc2ccccc2NB1c1ccccc1. The Morgan fingerprint density at radius 2 is 1.70 bits per heavy atom. The summed E-state index contributed by atoms with van der Waals surface area (Å²) in [6.45, 7) is 2.57. The quantitative estimate of drug-likeness (QED) is 0.816. The Labute approximate surface area is 121 Å². The van der Waals surface area contributed by atoms with Crippen molar-refractivity contribution in [2.75, 3.05) is 5.23 Å². The average molecular weight is 261 g/mol. The maximum absolute atomic E-state index is 3.70. The highest BCUT2D eigenvalue weighted by Crippen LogP contribution is 2.27. The van der Waals surface area contributed by atoms with Gasteiger partial charge >= 0.3 is 6.85 Å². The van der Waals surface area contributed by atoms with Crippen molar-refractivity contribution in [2.24, 2.45) is 0 Å². The molecule has 1 N–H and O–H groups in total. The van der Waals surface area contributed by atoms with E-state index >= 15 is 0 Å². The zero-order valence-corrected chi connectivity index (χ0v) is 12.0. The van der Waals surface area contributed by atoms with E-state index in [1.807, 2.05) is 0 Å². The minimum Gasteiger partial charge on any atom is -0.420 e. The molecular formula is C18H20BN. The summed E-state index contributed by atoms with van der Waals surface area (Å²) in [4.78, 5) is 0. The van der Waals surface area contributed by atoms with Gasteiger partial charge in [0.05, 0.1) is 0 Å². The van der Waals surface area contributed by atoms with Crippen LogP contribution in [0.4, 0.5) is 5.69 Å². The van der Waals surface area contributed by atoms with Gasteiger partial charge in [-0.1, -0.05) is 85.3 Å². The molecule has 2 aromatic carbocycles. The number of rotatable bonds is 4. The number of hydrogen-bond donors (Lipinski definition) is 1. The highest BCUT2D eigenvalue weighted by Gasteiger charge is 2.26. The van der Waals surface area contributed by atoms with Crippen LogP contribution in [0.15, 0.2) is 60.1 Å². The van der Waals surface area contributed by atoms with Crippen molar-refractivity contribution in [3.05, 3.63) is 65.6 Å². The van der Waals surface area contributed by atoms with E-state index in [2.05, 4.69) is 72.8 Å². The first-order valence-electron chi connectivity index (χ1n) is 7.49. The molecule has 2 heteroatoms. The molecule has 0 atom stereocenters. The lowest BCUT2D eigenvalue weighted by Crippen LogP contribution is -2.42. The predicted molar refractivity (Wildman–Crippen MR) is 89.4 cm³/mol. The van der Waals surface area contributed by atoms with Gasteiger partial charge in [-0.25, -0.2) is 0 Å². The second-order valence-corrected chi connectivity index (χ2v) is 5.40. The van der Waals surface area contributed by atoms with Crippen LogP contribution < -0.4 is 10.7 Å². The van der Waals surface area contributed by atoms with Gasteiger partial charge in [0.25, 0.3) is 0 Å². The molecule has 2 aromatic rings. The second kappa shape index (κ2) is 6.00. The largest absolute Gasteiger partial charge is 0.420 e. The Balaban J connectivity index is 1.97. The summed E-state index contributed by atoms with van der Waals surface area (Å²) in [6, 6.07) is 19.3. The minimum absolute atomic E-state index is 0.317. The first-order valence-corrected chi connectivity index (χ1v) is 7.49. The number of allylic oxidation sites excluding steroid dienone is 1. The summed E-state index contributed by atoms with van der Waals surface area (Å²) < 4.78 is 0. The summed E-state index contributed by atoms with van der Waals surface area (Å²) in [7, 11) is 0. The normalized spacial score (nSPS) is 13.4. The van der Waals surface area contributed by atoms with Crippen molar-refractivity contribution >= 4 is 24.1 Å². The Kier molecular flexibility index (Phi) is 3.91. The fraction of sp³-hybridized carbons (Fsp3) is 0.222. The lowest BCUT2D eigenvalue weighted by atomic mass is 9.47. The van der Waals surface area contributed by atoms with E-state index in [1.54, 1.807) is 0 Å². The van der Waals surface area contributed by atoms with Gasteiger partial charge in [0, 0.05) is 5.69 Å². The molecule has 1 nitrogen and oxygen atoms in total. The number of unbranched alkanes of at least 4 members (excludes halogenated alkanes) is 1. The summed E-state index contributed by atoms with van der Waals surface area (Å²) in [5, 5.41) is 3.70. The fourth-order valence-corrected chi connectivity index (χ4v) is 2.83. The molecule has 0 aliphatic carbocycles. The van der Waals surface area contributed by atoms with E-state index in [-0.39, 0.29) is 0 Å². The monoisotopic (exact) mass is 261 g/mol. The van der Waals surface area contributed by atoms with Crippen LogP contribution in [0.2, 0.25) is 0 Å². The van der Waals surface area contributed by atoms with Gasteiger partial charge in [-0.15, -0.1) is 0 Å². The first-order chi connectivity index (χ1) is 9.88. The van der Waals surface area contributed by atoms with Gasteiger partial charge in [-0.3, -0.25) is 0 Å². The van der Waals surface area contributed by atoms with Crippen LogP contribution in [0.1, 0.15) is 31.7 Å². The van der Waals surface area contributed by atoms with Crippen molar-refractivity contribution < 1.29 is 0 Å². The molecule has 0 amide bonds. The molecule has 0 bridgehead atoms. The minimum atomic E-state index is 0.317. The van der Waals surface area contributed by atoms with Crippen LogP contribution in [-0.4, -0.2) is 6.85 Å². The number of hydrogen-bond acceptors (Lipinski definition) is 1. The zero-order valence-electron chi connectivity index (χ0n) is 12.0. The Morgan fingerprint density at radius 3 is 2.50 bits per heavy atom. The highest BCUT2D eigenvalue weighted by molar-refractivity contribution is 6.83. The molecule has 0 spiro atoms. The molecule has 0 unspecified atom stereocenters. The maximum Gasteiger partial charge on any atom is 0.316 e. The van der Waals surface area contributed by atoms with Crippen LogP contribution in [0.3, 0.4) is 0 Å². The summed E-state index contributed by atoms with van der Waals surface area (Å²) in [6.07, 6.45) is 6.02. The highest BCUT2D eigenvalue weighted by atomic mass is 14.8. The molecule has 1 aliphatic heterocycles. The zero-order chi connectivity index (χ0) is 13.8. The smallest absolute Gasteiger partial charge is 0.316 e. The van der Waals surface area contributed by atoms with E-state index < -0.39 is 0 Å². The van der Waals surface area contributed by atoms with Gasteiger partial charge in [0.15, 0.2) is 0 Å². The lowest BCUT2D eigenvalue weighted by Gasteiger charge is -2.26. The molecule has 0 saturated heterocycles. The van der Waals surface area contributed by atoms with Crippen LogP contribution in [-0.2, 0) is 0 Å². The number of fused-ring (bicyclic) bond motifs is 1. The summed E-state index contributed by atoms with van der Waals surface area (Å²) >= 11 is 0. The van der Waals surface area contributed by atoms with E-state index in [4.69, 9.17) is 0 Å². The lowest BCUT2D eigenvalue weighted by molar-refractivity contribution is 0.807. The molecule has 20 heavy (non-hydrogen) atoms. The average Bonchev–Trinajstić information content (AvgIpc) is 2.53. The van der Waals surface area contributed by atoms with E-state index in [0.717, 1.165) is 6.42 Å². The topological polar surface area (TPSA) is 12.0 Å². The van der Waals surface area contributed by atoms with Gasteiger partial charge in [-0.2, -0.15) is 0 Å². The van der Waals surface area contributed by atoms with Crippen molar-refractivity contribution in [1.29, 1.82) is 0 Å². The standard InChI is InChI=1S/C18H20BN/c1-2-3-10-17-14-15-9-7-8-13-18(15)20-19(17)16-11-5-4-6-12-16/h4-9,11-14,20H,2-3,10H2,1H3. The Morgan fingerprint density at radius 1 is 0.950 bits per heavy atom. The predicted octanol–water partition coefficient (Wildman–Crippen LogP) is 4.12. The van der Waals surface area contributed by atoms with Gasteiger partial charge in [-0.05, 0) is 18.1 Å². The van der Waals surface area contributed by atoms with Gasteiger partial charge in [0.1, 0.15) is 0 Å². The molecule has 0 radical (unpaired) electrons. The number of benzene rings is 2. The molecular weight excluding hydrogens is 241 g/mol. The molecule has 0 aromatic heterocycles. The third-order valence-corrected chi connectivity index (χ3v) is 3.92. The van der Waals surface area contributed by atoms with Crippen LogP contribution in [0.25, 0.3) is 6.08 Å². The molecule has 0 saturated carbocycles. The van der Waals surface area contributed by atoms with Crippen molar-refractivity contribution in [3.8, 4) is 0 Å². The Bertz CT molecular complexity index is 604. The molecule has 1 heterocycles. The fourth-order valence-electron chi connectivity index (χ4n) is 2.83. The van der Waals surface area contributed by atoms with Crippen LogP contribution in [0.5, 0.6) is 0 Å². The second-order valence-electron chi connectivity index (χ2n) is 5.40. The van der Waals surface area contributed by atoms with Crippen molar-refractivity contribution in [2.45, 2.75) is 26.2 Å². The van der Waals surface area contributed by atoms with Crippen LogP contribution in [0, 0.1) is 0 Å². The third kappa shape index (κ3) is 2.65. The third-order valence-electron chi connectivity index (χ3n) is 3.92. The number of para-hydroxylation sites is 1. The van der Waals surface area contributed by atoms with Crippen molar-refractivity contribution in [1.82, 2.24) is 0 Å². The van der Waals surface area contributed by atoms with Gasteiger partial charge in [0.2, 0.25) is 0 Å².